The lowest BCUT2D eigenvalue weighted by Crippen LogP contribution is -2.39. The van der Waals surface area contributed by atoms with Crippen molar-refractivity contribution in [3.8, 4) is 0 Å². The minimum atomic E-state index is -0.346. The number of nitrogens with zero attached hydrogens (tertiary/aromatic N) is 1. The van der Waals surface area contributed by atoms with Gasteiger partial charge in [0.2, 0.25) is 11.8 Å². The van der Waals surface area contributed by atoms with E-state index in [0.29, 0.717) is 11.3 Å². The molecule has 0 saturated heterocycles. The lowest BCUT2D eigenvalue weighted by atomic mass is 10.1. The summed E-state index contributed by atoms with van der Waals surface area (Å²) in [6, 6.07) is 6.83. The van der Waals surface area contributed by atoms with Gasteiger partial charge in [-0.25, -0.2) is 0 Å². The lowest BCUT2D eigenvalue weighted by Gasteiger charge is -2.17. The van der Waals surface area contributed by atoms with Gasteiger partial charge in [-0.1, -0.05) is 12.6 Å². The van der Waals surface area contributed by atoms with Crippen molar-refractivity contribution >= 4 is 23.4 Å². The Kier molecular flexibility index (Phi) is 4.93. The number of nitrogens with one attached hydrogen (secondary N) is 2. The van der Waals surface area contributed by atoms with Crippen molar-refractivity contribution in [3.63, 3.8) is 0 Å². The van der Waals surface area contributed by atoms with Crippen molar-refractivity contribution in [2.24, 2.45) is 0 Å². The van der Waals surface area contributed by atoms with Gasteiger partial charge < -0.3 is 15.5 Å². The second kappa shape index (κ2) is 6.89. The Hall–Kier alpha value is -2.63. The number of hydrogen-bond donors (Lipinski definition) is 2. The van der Waals surface area contributed by atoms with Crippen molar-refractivity contribution in [3.05, 3.63) is 42.5 Å². The van der Waals surface area contributed by atoms with Crippen LogP contribution in [0.1, 0.15) is 23.2 Å². The van der Waals surface area contributed by atoms with Crippen LogP contribution in [-0.2, 0) is 9.59 Å². The van der Waals surface area contributed by atoms with E-state index in [4.69, 9.17) is 0 Å². The Labute approximate surface area is 129 Å². The smallest absolute Gasteiger partial charge is 0.254 e. The molecule has 0 heterocycles. The van der Waals surface area contributed by atoms with E-state index in [-0.39, 0.29) is 30.3 Å². The molecule has 0 atom stereocenters. The maximum atomic E-state index is 12.3. The Morgan fingerprint density at radius 2 is 2.09 bits per heavy atom. The second-order valence-corrected chi connectivity index (χ2v) is 5.28. The van der Waals surface area contributed by atoms with Gasteiger partial charge >= 0.3 is 0 Å². The molecule has 116 valence electrons. The van der Waals surface area contributed by atoms with E-state index in [1.807, 2.05) is 0 Å². The zero-order valence-corrected chi connectivity index (χ0v) is 12.5. The third-order valence-electron chi connectivity index (χ3n) is 3.23. The number of anilines is 1. The van der Waals surface area contributed by atoms with E-state index in [9.17, 15) is 14.4 Å². The van der Waals surface area contributed by atoms with E-state index in [1.165, 1.54) is 4.90 Å². The molecule has 22 heavy (non-hydrogen) atoms. The number of likely N-dealkylation sites (N-methyl/N-ethyl adjacent to an activating group) is 1. The highest BCUT2D eigenvalue weighted by atomic mass is 16.2. The van der Waals surface area contributed by atoms with Crippen LogP contribution < -0.4 is 10.6 Å². The van der Waals surface area contributed by atoms with Crippen LogP contribution in [0.2, 0.25) is 0 Å². The molecule has 1 aliphatic carbocycles. The fourth-order valence-corrected chi connectivity index (χ4v) is 1.93. The fourth-order valence-electron chi connectivity index (χ4n) is 1.93. The van der Waals surface area contributed by atoms with Crippen LogP contribution in [-0.4, -0.2) is 42.3 Å². The summed E-state index contributed by atoms with van der Waals surface area (Å²) >= 11 is 0. The molecular weight excluding hydrogens is 282 g/mol. The van der Waals surface area contributed by atoms with E-state index < -0.39 is 0 Å². The lowest BCUT2D eigenvalue weighted by molar-refractivity contribution is -0.121. The van der Waals surface area contributed by atoms with Gasteiger partial charge in [0, 0.05) is 24.3 Å². The molecule has 0 spiro atoms. The van der Waals surface area contributed by atoms with Crippen LogP contribution in [0.25, 0.3) is 0 Å². The molecule has 2 rings (SSSR count). The molecule has 0 bridgehead atoms. The number of amides is 3. The Morgan fingerprint density at radius 1 is 1.36 bits per heavy atom. The van der Waals surface area contributed by atoms with Gasteiger partial charge in [-0.15, -0.1) is 0 Å². The van der Waals surface area contributed by atoms with E-state index in [0.717, 1.165) is 18.9 Å². The van der Waals surface area contributed by atoms with Crippen LogP contribution in [0.4, 0.5) is 5.69 Å². The summed E-state index contributed by atoms with van der Waals surface area (Å²) in [4.78, 5) is 36.6. The molecule has 1 aromatic rings. The van der Waals surface area contributed by atoms with Gasteiger partial charge in [0.15, 0.2) is 0 Å². The van der Waals surface area contributed by atoms with Gasteiger partial charge in [0.05, 0.1) is 6.54 Å². The number of carbonyl (C=O) groups excluding carboxylic acids is 3. The summed E-state index contributed by atoms with van der Waals surface area (Å²) in [5.74, 6) is -0.781. The molecule has 3 amide bonds. The first-order valence-electron chi connectivity index (χ1n) is 7.08. The summed E-state index contributed by atoms with van der Waals surface area (Å²) < 4.78 is 0. The molecule has 1 aliphatic rings. The van der Waals surface area contributed by atoms with Crippen molar-refractivity contribution in [2.75, 3.05) is 18.9 Å². The molecule has 6 heteroatoms. The van der Waals surface area contributed by atoms with Gasteiger partial charge in [0.1, 0.15) is 0 Å². The molecule has 0 unspecified atom stereocenters. The highest BCUT2D eigenvalue weighted by Crippen LogP contribution is 2.18. The molecule has 0 radical (unpaired) electrons. The summed E-state index contributed by atoms with van der Waals surface area (Å²) in [5, 5.41) is 5.43. The normalized spacial score (nSPS) is 13.1. The largest absolute Gasteiger partial charge is 0.352 e. The summed E-state index contributed by atoms with van der Waals surface area (Å²) in [6.45, 7) is 3.38. The van der Waals surface area contributed by atoms with Gasteiger partial charge in [-0.05, 0) is 37.1 Å². The van der Waals surface area contributed by atoms with Gasteiger partial charge in [-0.3, -0.25) is 14.4 Å². The van der Waals surface area contributed by atoms with Crippen molar-refractivity contribution in [2.45, 2.75) is 18.9 Å². The first-order chi connectivity index (χ1) is 10.5. The van der Waals surface area contributed by atoms with Crippen LogP contribution in [0, 0.1) is 0 Å². The highest BCUT2D eigenvalue weighted by molar-refractivity contribution is 6.01. The van der Waals surface area contributed by atoms with Crippen LogP contribution in [0.5, 0.6) is 0 Å². The maximum Gasteiger partial charge on any atom is 0.254 e. The predicted molar refractivity (Wildman–Crippen MR) is 83.4 cm³/mol. The van der Waals surface area contributed by atoms with Crippen molar-refractivity contribution < 1.29 is 14.4 Å². The zero-order chi connectivity index (χ0) is 16.1. The van der Waals surface area contributed by atoms with Crippen LogP contribution >= 0.6 is 0 Å². The first kappa shape index (κ1) is 15.8. The van der Waals surface area contributed by atoms with Crippen molar-refractivity contribution in [1.82, 2.24) is 10.2 Å². The third-order valence-corrected chi connectivity index (χ3v) is 3.23. The molecule has 6 nitrogen and oxygen atoms in total. The number of rotatable bonds is 6. The molecule has 1 aromatic carbocycles. The fraction of sp³-hybridized carbons (Fsp3) is 0.312. The first-order valence-corrected chi connectivity index (χ1v) is 7.08. The standard InChI is InChI=1S/C16H19N3O3/c1-3-14(20)18-13-6-4-5-11(9-13)16(22)19(2)10-15(21)17-12-7-8-12/h3-6,9,12H,1,7-8,10H2,2H3,(H,17,21)(H,18,20). The van der Waals surface area contributed by atoms with Crippen molar-refractivity contribution in [1.29, 1.82) is 0 Å². The topological polar surface area (TPSA) is 78.5 Å². The Bertz CT molecular complexity index is 608. The quantitative estimate of drug-likeness (QED) is 0.774. The summed E-state index contributed by atoms with van der Waals surface area (Å²) in [5.41, 5.74) is 0.912. The molecule has 1 saturated carbocycles. The number of hydrogen-bond acceptors (Lipinski definition) is 3. The van der Waals surface area contributed by atoms with Crippen LogP contribution in [0.15, 0.2) is 36.9 Å². The van der Waals surface area contributed by atoms with Gasteiger partial charge in [0.25, 0.3) is 5.91 Å². The molecule has 2 N–H and O–H groups in total. The minimum Gasteiger partial charge on any atom is -0.352 e. The SMILES string of the molecule is C=CC(=O)Nc1cccc(C(=O)N(C)CC(=O)NC2CC2)c1. The molecule has 0 aromatic heterocycles. The second-order valence-electron chi connectivity index (χ2n) is 5.28. The number of benzene rings is 1. The summed E-state index contributed by atoms with van der Waals surface area (Å²) in [6.07, 6.45) is 3.17. The molecular formula is C16H19N3O3. The number of carbonyl (C=O) groups is 3. The monoisotopic (exact) mass is 301 g/mol. The van der Waals surface area contributed by atoms with Gasteiger partial charge in [-0.2, -0.15) is 0 Å². The maximum absolute atomic E-state index is 12.3. The average Bonchev–Trinajstić information content (AvgIpc) is 3.30. The highest BCUT2D eigenvalue weighted by Gasteiger charge is 2.24. The zero-order valence-electron chi connectivity index (χ0n) is 12.5. The van der Waals surface area contributed by atoms with E-state index >= 15 is 0 Å². The predicted octanol–water partition coefficient (Wildman–Crippen LogP) is 1.16. The Morgan fingerprint density at radius 3 is 2.73 bits per heavy atom. The molecule has 0 aliphatic heterocycles. The van der Waals surface area contributed by atoms with E-state index in [1.54, 1.807) is 31.3 Å². The van der Waals surface area contributed by atoms with E-state index in [2.05, 4.69) is 17.2 Å². The van der Waals surface area contributed by atoms with Crippen LogP contribution in [0.3, 0.4) is 0 Å². The Balaban J connectivity index is 1.98. The summed E-state index contributed by atoms with van der Waals surface area (Å²) in [7, 11) is 1.57. The molecule has 1 fully saturated rings. The minimum absolute atomic E-state index is 0.0125. The average molecular weight is 301 g/mol. The third kappa shape index (κ3) is 4.44.